The van der Waals surface area contributed by atoms with Crippen LogP contribution in [0.1, 0.15) is 6.42 Å². The Hall–Kier alpha value is -0.170. The molecule has 1 radical (unpaired) electrons. The predicted molar refractivity (Wildman–Crippen MR) is 48.0 cm³/mol. The van der Waals surface area contributed by atoms with Crippen LogP contribution in [0.2, 0.25) is 0 Å². The molecule has 0 aromatic heterocycles. The fraction of sp³-hybridized carbons (Fsp3) is 0.857. The molecular weight excluding hydrogens is 196 g/mol. The first-order chi connectivity index (χ1) is 6.06. The van der Waals surface area contributed by atoms with Gasteiger partial charge in [-0.05, 0) is 13.3 Å². The SMILES string of the molecule is [CH2]COCCOCCCS(=O)(=O)O. The maximum Gasteiger partial charge on any atom is 0.264 e. The van der Waals surface area contributed by atoms with Crippen molar-refractivity contribution in [2.45, 2.75) is 6.42 Å². The molecule has 0 spiro atoms. The van der Waals surface area contributed by atoms with Gasteiger partial charge in [-0.1, -0.05) is 0 Å². The maximum absolute atomic E-state index is 10.2. The second-order valence-electron chi connectivity index (χ2n) is 2.36. The maximum atomic E-state index is 10.2. The van der Waals surface area contributed by atoms with Crippen molar-refractivity contribution in [3.8, 4) is 0 Å². The summed E-state index contributed by atoms with van der Waals surface area (Å²) < 4.78 is 38.7. The Morgan fingerprint density at radius 1 is 1.15 bits per heavy atom. The normalized spacial score (nSPS) is 11.8. The number of hydrogen-bond acceptors (Lipinski definition) is 4. The molecule has 0 atom stereocenters. The summed E-state index contributed by atoms with van der Waals surface area (Å²) in [6, 6.07) is 0. The summed E-state index contributed by atoms with van der Waals surface area (Å²) in [6.45, 7) is 5.04. The van der Waals surface area contributed by atoms with Crippen LogP contribution in [0.5, 0.6) is 0 Å². The molecule has 0 saturated carbocycles. The Bertz CT molecular complexity index is 199. The largest absolute Gasteiger partial charge is 0.379 e. The highest BCUT2D eigenvalue weighted by atomic mass is 32.2. The molecule has 0 amide bonds. The van der Waals surface area contributed by atoms with Gasteiger partial charge >= 0.3 is 0 Å². The van der Waals surface area contributed by atoms with Crippen LogP contribution in [0, 0.1) is 6.92 Å². The Morgan fingerprint density at radius 3 is 2.31 bits per heavy atom. The van der Waals surface area contributed by atoms with E-state index in [1.54, 1.807) is 0 Å². The van der Waals surface area contributed by atoms with Gasteiger partial charge in [0.1, 0.15) is 0 Å². The average Bonchev–Trinajstić information content (AvgIpc) is 2.01. The van der Waals surface area contributed by atoms with Crippen molar-refractivity contribution in [2.75, 3.05) is 32.2 Å². The first kappa shape index (κ1) is 12.8. The third-order valence-corrected chi connectivity index (χ3v) is 2.01. The molecule has 0 aliphatic carbocycles. The third kappa shape index (κ3) is 11.8. The summed E-state index contributed by atoms with van der Waals surface area (Å²) in [5.41, 5.74) is 0. The smallest absolute Gasteiger partial charge is 0.264 e. The lowest BCUT2D eigenvalue weighted by atomic mass is 10.5. The predicted octanol–water partition coefficient (Wildman–Crippen LogP) is 0.132. The Morgan fingerprint density at radius 2 is 1.77 bits per heavy atom. The Balaban J connectivity index is 3.09. The van der Waals surface area contributed by atoms with Gasteiger partial charge in [-0.15, -0.1) is 0 Å². The molecule has 0 bridgehead atoms. The molecule has 13 heavy (non-hydrogen) atoms. The van der Waals surface area contributed by atoms with E-state index in [0.29, 0.717) is 32.8 Å². The fourth-order valence-electron chi connectivity index (χ4n) is 0.665. The third-order valence-electron chi connectivity index (χ3n) is 1.21. The van der Waals surface area contributed by atoms with Crippen LogP contribution < -0.4 is 0 Å². The van der Waals surface area contributed by atoms with Crippen molar-refractivity contribution in [1.29, 1.82) is 0 Å². The van der Waals surface area contributed by atoms with E-state index in [4.69, 9.17) is 14.0 Å². The van der Waals surface area contributed by atoms with Gasteiger partial charge in [-0.3, -0.25) is 4.55 Å². The van der Waals surface area contributed by atoms with E-state index >= 15 is 0 Å². The summed E-state index contributed by atoms with van der Waals surface area (Å²) in [4.78, 5) is 0. The first-order valence-electron chi connectivity index (χ1n) is 3.96. The fourth-order valence-corrected chi connectivity index (χ4v) is 1.15. The van der Waals surface area contributed by atoms with Crippen molar-refractivity contribution in [3.63, 3.8) is 0 Å². The molecule has 0 aromatic carbocycles. The summed E-state index contributed by atoms with van der Waals surface area (Å²) >= 11 is 0. The van der Waals surface area contributed by atoms with E-state index in [0.717, 1.165) is 0 Å². The highest BCUT2D eigenvalue weighted by Crippen LogP contribution is 1.89. The van der Waals surface area contributed by atoms with Gasteiger partial charge in [0.05, 0.1) is 19.0 Å². The molecule has 6 heteroatoms. The molecule has 0 heterocycles. The highest BCUT2D eigenvalue weighted by molar-refractivity contribution is 7.85. The van der Waals surface area contributed by atoms with Gasteiger partial charge in [0.15, 0.2) is 0 Å². The van der Waals surface area contributed by atoms with E-state index in [1.165, 1.54) is 0 Å². The molecule has 0 aliphatic heterocycles. The van der Waals surface area contributed by atoms with Gasteiger partial charge in [0, 0.05) is 13.2 Å². The summed E-state index contributed by atoms with van der Waals surface area (Å²) in [5.74, 6) is -0.261. The minimum Gasteiger partial charge on any atom is -0.379 e. The molecule has 0 rings (SSSR count). The lowest BCUT2D eigenvalue weighted by Gasteiger charge is -2.02. The van der Waals surface area contributed by atoms with Crippen molar-refractivity contribution >= 4 is 10.1 Å². The zero-order chi connectivity index (χ0) is 10.2. The second-order valence-corrected chi connectivity index (χ2v) is 3.94. The highest BCUT2D eigenvalue weighted by Gasteiger charge is 2.02. The molecule has 0 fully saturated rings. The first-order valence-corrected chi connectivity index (χ1v) is 5.57. The molecule has 0 unspecified atom stereocenters. The van der Waals surface area contributed by atoms with E-state index in [2.05, 4.69) is 6.92 Å². The van der Waals surface area contributed by atoms with E-state index in [1.807, 2.05) is 0 Å². The van der Waals surface area contributed by atoms with Crippen molar-refractivity contribution in [1.82, 2.24) is 0 Å². The van der Waals surface area contributed by atoms with E-state index < -0.39 is 10.1 Å². The van der Waals surface area contributed by atoms with Gasteiger partial charge in [0.25, 0.3) is 10.1 Å². The molecule has 5 nitrogen and oxygen atoms in total. The lowest BCUT2D eigenvalue weighted by molar-refractivity contribution is 0.0583. The summed E-state index contributed by atoms with van der Waals surface area (Å²) in [5, 5.41) is 0. The van der Waals surface area contributed by atoms with Crippen LogP contribution in [-0.4, -0.2) is 45.2 Å². The average molecular weight is 211 g/mol. The minimum atomic E-state index is -3.84. The quantitative estimate of drug-likeness (QED) is 0.456. The minimum absolute atomic E-state index is 0.261. The van der Waals surface area contributed by atoms with Gasteiger partial charge in [-0.2, -0.15) is 8.42 Å². The van der Waals surface area contributed by atoms with Crippen molar-refractivity contribution < 1.29 is 22.4 Å². The monoisotopic (exact) mass is 211 g/mol. The molecule has 0 aromatic rings. The summed E-state index contributed by atoms with van der Waals surface area (Å²) in [7, 11) is -3.84. The Labute approximate surface area is 78.8 Å². The standard InChI is InChI=1S/C7H15O5S/c1-2-11-5-6-12-4-3-7-13(8,9)10/h1-7H2,(H,8,9,10). The van der Waals surface area contributed by atoms with Crippen molar-refractivity contribution in [3.05, 3.63) is 6.92 Å². The summed E-state index contributed by atoms with van der Waals surface area (Å²) in [6.07, 6.45) is 0.295. The van der Waals surface area contributed by atoms with Gasteiger partial charge < -0.3 is 9.47 Å². The lowest BCUT2D eigenvalue weighted by Crippen LogP contribution is -2.09. The number of hydrogen-bond donors (Lipinski definition) is 1. The van der Waals surface area contributed by atoms with Gasteiger partial charge in [-0.25, -0.2) is 0 Å². The second kappa shape index (κ2) is 7.25. The number of ether oxygens (including phenoxy) is 2. The molecular formula is C7H15O5S. The zero-order valence-corrected chi connectivity index (χ0v) is 8.25. The van der Waals surface area contributed by atoms with E-state index in [9.17, 15) is 8.42 Å². The molecule has 79 valence electrons. The van der Waals surface area contributed by atoms with Gasteiger partial charge in [0.2, 0.25) is 0 Å². The zero-order valence-electron chi connectivity index (χ0n) is 7.44. The topological polar surface area (TPSA) is 72.8 Å². The van der Waals surface area contributed by atoms with E-state index in [-0.39, 0.29) is 5.75 Å². The molecule has 0 saturated heterocycles. The van der Waals surface area contributed by atoms with Crippen LogP contribution >= 0.6 is 0 Å². The van der Waals surface area contributed by atoms with Crippen LogP contribution in [-0.2, 0) is 19.6 Å². The van der Waals surface area contributed by atoms with Crippen molar-refractivity contribution in [2.24, 2.45) is 0 Å². The van der Waals surface area contributed by atoms with Crippen LogP contribution in [0.15, 0.2) is 0 Å². The van der Waals surface area contributed by atoms with Crippen LogP contribution in [0.25, 0.3) is 0 Å². The molecule has 0 aliphatic rings. The van der Waals surface area contributed by atoms with Crippen LogP contribution in [0.3, 0.4) is 0 Å². The molecule has 1 N–H and O–H groups in total. The van der Waals surface area contributed by atoms with Crippen LogP contribution in [0.4, 0.5) is 0 Å². The Kier molecular flexibility index (Phi) is 7.16. The number of rotatable bonds is 8.